The molecule has 2 aromatic carbocycles. The minimum Gasteiger partial charge on any atom is -0.490 e. The lowest BCUT2D eigenvalue weighted by Gasteiger charge is -2.33. The fraction of sp³-hybridized carbons (Fsp3) is 0.357. The highest BCUT2D eigenvalue weighted by molar-refractivity contribution is 5.94. The first-order valence-corrected chi connectivity index (χ1v) is 12.3. The van der Waals surface area contributed by atoms with Crippen molar-refractivity contribution < 1.29 is 24.2 Å². The number of hydrogen-bond acceptors (Lipinski definition) is 5. The van der Waals surface area contributed by atoms with Gasteiger partial charge in [0, 0.05) is 18.3 Å². The number of likely N-dealkylation sites (tertiary alicyclic amines) is 1. The maximum atomic E-state index is 12.7. The average molecular weight is 507 g/mol. The summed E-state index contributed by atoms with van der Waals surface area (Å²) in [4.78, 5) is 34.4. The van der Waals surface area contributed by atoms with Gasteiger partial charge in [0.2, 0.25) is 11.9 Å². The van der Waals surface area contributed by atoms with E-state index in [1.165, 1.54) is 12.3 Å². The Bertz CT molecular complexity index is 1180. The van der Waals surface area contributed by atoms with E-state index in [2.05, 4.69) is 22.0 Å². The largest absolute Gasteiger partial charge is 0.490 e. The monoisotopic (exact) mass is 506 g/mol. The Hall–Kier alpha value is -4.14. The molecule has 9 nitrogen and oxygen atoms in total. The van der Waals surface area contributed by atoms with Gasteiger partial charge in [-0.2, -0.15) is 0 Å². The lowest BCUT2D eigenvalue weighted by Crippen LogP contribution is -2.43. The third kappa shape index (κ3) is 7.67. The van der Waals surface area contributed by atoms with E-state index in [0.29, 0.717) is 41.7 Å². The number of nitrogens with zero attached hydrogens (tertiary/aromatic N) is 3. The third-order valence-corrected chi connectivity index (χ3v) is 5.96. The second-order valence-electron chi connectivity index (χ2n) is 8.73. The number of carboxylic acids is 1. The van der Waals surface area contributed by atoms with Crippen molar-refractivity contribution in [2.45, 2.75) is 45.8 Å². The van der Waals surface area contributed by atoms with E-state index in [4.69, 9.17) is 9.47 Å². The number of aromatic carboxylic acids is 1. The molecule has 1 amide bonds. The second kappa shape index (κ2) is 13.2. The van der Waals surface area contributed by atoms with Gasteiger partial charge in [0.05, 0.1) is 24.8 Å². The molecule has 2 N–H and O–H groups in total. The average Bonchev–Trinajstić information content (AvgIpc) is 2.90. The molecule has 1 aliphatic heterocycles. The van der Waals surface area contributed by atoms with E-state index in [0.717, 1.165) is 19.4 Å². The molecule has 9 heteroatoms. The molecule has 0 aliphatic carbocycles. The quantitative estimate of drug-likeness (QED) is 0.295. The van der Waals surface area contributed by atoms with Crippen LogP contribution in [0.1, 0.15) is 55.6 Å². The van der Waals surface area contributed by atoms with Gasteiger partial charge in [-0.25, -0.2) is 14.8 Å². The predicted molar refractivity (Wildman–Crippen MR) is 144 cm³/mol. The normalized spacial score (nSPS) is 17.1. The number of benzene rings is 2. The summed E-state index contributed by atoms with van der Waals surface area (Å²) in [5, 5.41) is 12.1. The van der Waals surface area contributed by atoms with E-state index in [-0.39, 0.29) is 23.6 Å². The van der Waals surface area contributed by atoms with Gasteiger partial charge in [0.15, 0.2) is 11.5 Å². The number of ether oxygens (including phenoxy) is 2. The van der Waals surface area contributed by atoms with Crippen LogP contribution in [-0.2, 0) is 4.79 Å². The van der Waals surface area contributed by atoms with E-state index >= 15 is 0 Å². The minimum absolute atomic E-state index is 0.0712. The van der Waals surface area contributed by atoms with Gasteiger partial charge in [0.1, 0.15) is 6.10 Å². The number of para-hydroxylation sites is 2. The van der Waals surface area contributed by atoms with Gasteiger partial charge in [0.25, 0.3) is 0 Å². The lowest BCUT2D eigenvalue weighted by atomic mass is 10.0. The third-order valence-electron chi connectivity index (χ3n) is 5.96. The Morgan fingerprint density at radius 2 is 2.00 bits per heavy atom. The Kier molecular flexibility index (Phi) is 9.83. The van der Waals surface area contributed by atoms with Crippen molar-refractivity contribution in [1.82, 2.24) is 10.2 Å². The molecule has 2 aromatic rings. The Balaban J connectivity index is 1.64. The molecule has 0 unspecified atom stereocenters. The van der Waals surface area contributed by atoms with Crippen LogP contribution < -0.4 is 14.8 Å². The van der Waals surface area contributed by atoms with Crippen LogP contribution in [0.25, 0.3) is 0 Å². The van der Waals surface area contributed by atoms with Crippen LogP contribution in [-0.4, -0.2) is 60.4 Å². The lowest BCUT2D eigenvalue weighted by molar-refractivity contribution is -0.118. The summed E-state index contributed by atoms with van der Waals surface area (Å²) in [6.45, 7) is 10.9. The molecular weight excluding hydrogens is 472 g/mol. The van der Waals surface area contributed by atoms with E-state index in [1.54, 1.807) is 32.0 Å². The molecule has 1 aliphatic rings. The van der Waals surface area contributed by atoms with Crippen molar-refractivity contribution in [3.8, 4) is 11.5 Å². The van der Waals surface area contributed by atoms with Crippen LogP contribution in [0.2, 0.25) is 0 Å². The van der Waals surface area contributed by atoms with Crippen molar-refractivity contribution in [2.75, 3.05) is 19.7 Å². The zero-order valence-corrected chi connectivity index (χ0v) is 21.5. The first kappa shape index (κ1) is 27.4. The van der Waals surface area contributed by atoms with Crippen molar-refractivity contribution in [2.24, 2.45) is 9.98 Å². The number of rotatable bonds is 9. The Labute approximate surface area is 217 Å². The van der Waals surface area contributed by atoms with Crippen molar-refractivity contribution in [3.63, 3.8) is 0 Å². The number of piperidine rings is 1. The molecule has 0 spiro atoms. The van der Waals surface area contributed by atoms with Crippen LogP contribution in [0.5, 0.6) is 11.5 Å². The molecular formula is C28H34N4O5. The van der Waals surface area contributed by atoms with Crippen LogP contribution in [0, 0.1) is 0 Å². The summed E-state index contributed by atoms with van der Waals surface area (Å²) in [7, 11) is 0. The van der Waals surface area contributed by atoms with Crippen LogP contribution in [0.4, 0.5) is 0 Å². The zero-order valence-electron chi connectivity index (χ0n) is 21.5. The predicted octanol–water partition coefficient (Wildman–Crippen LogP) is 4.46. The fourth-order valence-corrected chi connectivity index (χ4v) is 3.99. The SMILES string of the molecule is C=NC(=N/C=C(\C)C(=O)N[C@H](C)c1cccc(C(=O)O)c1)N1CCC[C@@H](Oc2ccccc2OCC)C1. The molecule has 2 atom stereocenters. The summed E-state index contributed by atoms with van der Waals surface area (Å²) in [5.74, 6) is 0.510. The maximum Gasteiger partial charge on any atom is 0.335 e. The van der Waals surface area contributed by atoms with Gasteiger partial charge in [-0.15, -0.1) is 0 Å². The van der Waals surface area contributed by atoms with E-state index in [9.17, 15) is 14.7 Å². The second-order valence-corrected chi connectivity index (χ2v) is 8.73. The minimum atomic E-state index is -1.01. The highest BCUT2D eigenvalue weighted by Crippen LogP contribution is 2.29. The van der Waals surface area contributed by atoms with Gasteiger partial charge in [-0.3, -0.25) is 4.79 Å². The molecule has 0 saturated carbocycles. The standard InChI is InChI=1S/C28H34N4O5/c1-5-36-24-13-6-7-14-25(24)37-23-12-9-15-32(18-23)28(29-4)30-17-19(2)26(33)31-20(3)21-10-8-11-22(16-21)27(34)35/h6-8,10-11,13-14,16-17,20,23H,4-5,9,12,15,18H2,1-3H3,(H,31,33)(H,34,35)/b19-17+,30-28?/t20-,23-/m1/s1. The molecule has 1 fully saturated rings. The number of carbonyl (C=O) groups excluding carboxylic acids is 1. The highest BCUT2D eigenvalue weighted by Gasteiger charge is 2.24. The molecule has 196 valence electrons. The number of hydrogen-bond donors (Lipinski definition) is 2. The van der Waals surface area contributed by atoms with Crippen molar-refractivity contribution in [1.29, 1.82) is 0 Å². The number of carbonyl (C=O) groups is 2. The fourth-order valence-electron chi connectivity index (χ4n) is 3.99. The van der Waals surface area contributed by atoms with Crippen molar-refractivity contribution >= 4 is 24.6 Å². The van der Waals surface area contributed by atoms with Crippen LogP contribution >= 0.6 is 0 Å². The van der Waals surface area contributed by atoms with Gasteiger partial charge >= 0.3 is 5.97 Å². The molecule has 37 heavy (non-hydrogen) atoms. The summed E-state index contributed by atoms with van der Waals surface area (Å²) < 4.78 is 11.9. The Morgan fingerprint density at radius 1 is 1.24 bits per heavy atom. The van der Waals surface area contributed by atoms with Crippen molar-refractivity contribution in [3.05, 3.63) is 71.4 Å². The van der Waals surface area contributed by atoms with E-state index < -0.39 is 5.97 Å². The van der Waals surface area contributed by atoms with Gasteiger partial charge in [-0.1, -0.05) is 24.3 Å². The molecule has 0 aromatic heterocycles. The van der Waals surface area contributed by atoms with Gasteiger partial charge < -0.3 is 24.8 Å². The summed E-state index contributed by atoms with van der Waals surface area (Å²) >= 11 is 0. The summed E-state index contributed by atoms with van der Waals surface area (Å²) in [5.41, 5.74) is 1.25. The molecule has 0 radical (unpaired) electrons. The first-order valence-electron chi connectivity index (χ1n) is 12.3. The smallest absolute Gasteiger partial charge is 0.335 e. The molecule has 0 bridgehead atoms. The number of guanidine groups is 1. The van der Waals surface area contributed by atoms with Crippen LogP contribution in [0.3, 0.4) is 0 Å². The first-order chi connectivity index (χ1) is 17.8. The number of nitrogens with one attached hydrogen (secondary N) is 1. The van der Waals surface area contributed by atoms with E-state index in [1.807, 2.05) is 36.1 Å². The number of carboxylic acid groups (broad SMARTS) is 1. The van der Waals surface area contributed by atoms with Crippen LogP contribution in [0.15, 0.2) is 70.3 Å². The summed E-state index contributed by atoms with van der Waals surface area (Å²) in [6, 6.07) is 13.7. The number of amides is 1. The van der Waals surface area contributed by atoms with Gasteiger partial charge in [-0.05, 0) is 70.2 Å². The summed E-state index contributed by atoms with van der Waals surface area (Å²) in [6.07, 6.45) is 3.18. The molecule has 3 rings (SSSR count). The zero-order chi connectivity index (χ0) is 26.8. The molecule has 1 heterocycles. The maximum absolute atomic E-state index is 12.7. The topological polar surface area (TPSA) is 113 Å². The number of aliphatic imine (C=N–C) groups is 2. The highest BCUT2D eigenvalue weighted by atomic mass is 16.5. The molecule has 1 saturated heterocycles. The Morgan fingerprint density at radius 3 is 2.70 bits per heavy atom.